The number of carbonyl (C=O) groups is 1. The molecule has 2 atom stereocenters. The summed E-state index contributed by atoms with van der Waals surface area (Å²) >= 11 is 0. The standard InChI is InChI=1S/C16H21F2NO2/c17-13-7-6-11(8-14(13)18)9-16(21)19-15-5-3-1-2-4-12(15)10-20/h6-8,12,15,20H,1-5,9-10H2,(H,19,21). The van der Waals surface area contributed by atoms with Gasteiger partial charge in [0, 0.05) is 18.6 Å². The summed E-state index contributed by atoms with van der Waals surface area (Å²) in [4.78, 5) is 12.0. The normalized spacial score (nSPS) is 22.6. The molecule has 21 heavy (non-hydrogen) atoms. The van der Waals surface area contributed by atoms with Crippen LogP contribution in [0.3, 0.4) is 0 Å². The van der Waals surface area contributed by atoms with E-state index >= 15 is 0 Å². The van der Waals surface area contributed by atoms with Crippen molar-refractivity contribution < 1.29 is 18.7 Å². The van der Waals surface area contributed by atoms with Crippen LogP contribution in [0, 0.1) is 17.6 Å². The topological polar surface area (TPSA) is 49.3 Å². The number of aliphatic hydroxyl groups excluding tert-OH is 1. The summed E-state index contributed by atoms with van der Waals surface area (Å²) in [5, 5.41) is 12.3. The van der Waals surface area contributed by atoms with Crippen molar-refractivity contribution in [3.63, 3.8) is 0 Å². The van der Waals surface area contributed by atoms with Gasteiger partial charge in [0.15, 0.2) is 11.6 Å². The number of aliphatic hydroxyl groups is 1. The first kappa shape index (κ1) is 15.9. The lowest BCUT2D eigenvalue weighted by molar-refractivity contribution is -0.121. The Morgan fingerprint density at radius 3 is 2.67 bits per heavy atom. The van der Waals surface area contributed by atoms with Crippen molar-refractivity contribution in [1.82, 2.24) is 5.32 Å². The van der Waals surface area contributed by atoms with Gasteiger partial charge in [0.05, 0.1) is 6.42 Å². The van der Waals surface area contributed by atoms with Crippen LogP contribution in [0.4, 0.5) is 8.78 Å². The molecule has 0 saturated heterocycles. The number of benzene rings is 1. The highest BCUT2D eigenvalue weighted by atomic mass is 19.2. The highest BCUT2D eigenvalue weighted by molar-refractivity contribution is 5.78. The van der Waals surface area contributed by atoms with Crippen LogP contribution in [-0.4, -0.2) is 23.7 Å². The predicted octanol–water partition coefficient (Wildman–Crippen LogP) is 2.56. The third-order valence-electron chi connectivity index (χ3n) is 4.09. The molecule has 2 N–H and O–H groups in total. The number of rotatable bonds is 4. The first-order chi connectivity index (χ1) is 10.1. The van der Waals surface area contributed by atoms with Crippen LogP contribution in [-0.2, 0) is 11.2 Å². The van der Waals surface area contributed by atoms with E-state index in [-0.39, 0.29) is 30.9 Å². The Balaban J connectivity index is 1.94. The fourth-order valence-corrected chi connectivity index (χ4v) is 2.89. The highest BCUT2D eigenvalue weighted by Gasteiger charge is 2.24. The molecule has 5 heteroatoms. The summed E-state index contributed by atoms with van der Waals surface area (Å²) < 4.78 is 26.0. The van der Waals surface area contributed by atoms with Crippen molar-refractivity contribution in [2.75, 3.05) is 6.61 Å². The Bertz CT molecular complexity index is 493. The van der Waals surface area contributed by atoms with Crippen LogP contribution in [0.5, 0.6) is 0 Å². The van der Waals surface area contributed by atoms with Crippen molar-refractivity contribution in [2.24, 2.45) is 5.92 Å². The van der Waals surface area contributed by atoms with E-state index in [2.05, 4.69) is 5.32 Å². The number of halogens is 2. The Kier molecular flexibility index (Phi) is 5.67. The van der Waals surface area contributed by atoms with Gasteiger partial charge in [0.2, 0.25) is 5.91 Å². The molecule has 0 radical (unpaired) electrons. The number of hydrogen-bond donors (Lipinski definition) is 2. The molecule has 3 nitrogen and oxygen atoms in total. The number of carbonyl (C=O) groups excluding carboxylic acids is 1. The molecular weight excluding hydrogens is 276 g/mol. The zero-order valence-electron chi connectivity index (χ0n) is 11.9. The maximum absolute atomic E-state index is 13.1. The summed E-state index contributed by atoms with van der Waals surface area (Å²) in [5.41, 5.74) is 0.445. The fourth-order valence-electron chi connectivity index (χ4n) is 2.89. The molecule has 2 rings (SSSR count). The molecule has 0 heterocycles. The summed E-state index contributed by atoms with van der Waals surface area (Å²) in [6.45, 7) is 0.0656. The molecule has 1 aromatic carbocycles. The lowest BCUT2D eigenvalue weighted by Gasteiger charge is -2.24. The van der Waals surface area contributed by atoms with Crippen molar-refractivity contribution in [3.8, 4) is 0 Å². The Hall–Kier alpha value is -1.49. The quantitative estimate of drug-likeness (QED) is 0.839. The Labute approximate surface area is 123 Å². The Morgan fingerprint density at radius 1 is 1.19 bits per heavy atom. The molecular formula is C16H21F2NO2. The smallest absolute Gasteiger partial charge is 0.224 e. The van der Waals surface area contributed by atoms with Crippen LogP contribution in [0.25, 0.3) is 0 Å². The average Bonchev–Trinajstić information content (AvgIpc) is 2.68. The zero-order valence-corrected chi connectivity index (χ0v) is 11.9. The SMILES string of the molecule is O=C(Cc1ccc(F)c(F)c1)NC1CCCCCC1CO. The third-order valence-corrected chi connectivity index (χ3v) is 4.09. The van der Waals surface area contributed by atoms with Crippen LogP contribution >= 0.6 is 0 Å². The van der Waals surface area contributed by atoms with E-state index in [1.165, 1.54) is 6.07 Å². The molecule has 1 aliphatic carbocycles. The first-order valence-corrected chi connectivity index (χ1v) is 7.44. The molecule has 0 aromatic heterocycles. The average molecular weight is 297 g/mol. The van der Waals surface area contributed by atoms with Gasteiger partial charge in [-0.3, -0.25) is 4.79 Å². The predicted molar refractivity (Wildman–Crippen MR) is 75.7 cm³/mol. The van der Waals surface area contributed by atoms with E-state index in [1.54, 1.807) is 0 Å². The van der Waals surface area contributed by atoms with Gasteiger partial charge >= 0.3 is 0 Å². The molecule has 116 valence electrons. The van der Waals surface area contributed by atoms with E-state index in [0.29, 0.717) is 5.56 Å². The van der Waals surface area contributed by atoms with Gasteiger partial charge in [-0.25, -0.2) is 8.78 Å². The van der Waals surface area contributed by atoms with Gasteiger partial charge in [0.25, 0.3) is 0 Å². The second kappa shape index (κ2) is 7.50. The van der Waals surface area contributed by atoms with E-state index in [4.69, 9.17) is 0 Å². The first-order valence-electron chi connectivity index (χ1n) is 7.44. The van der Waals surface area contributed by atoms with Gasteiger partial charge in [-0.1, -0.05) is 25.3 Å². The zero-order chi connectivity index (χ0) is 15.2. The monoisotopic (exact) mass is 297 g/mol. The molecule has 0 aliphatic heterocycles. The molecule has 1 fully saturated rings. The minimum Gasteiger partial charge on any atom is -0.396 e. The second-order valence-electron chi connectivity index (χ2n) is 5.68. The summed E-state index contributed by atoms with van der Waals surface area (Å²) in [7, 11) is 0. The number of nitrogens with one attached hydrogen (secondary N) is 1. The summed E-state index contributed by atoms with van der Waals surface area (Å²) in [6.07, 6.45) is 5.01. The van der Waals surface area contributed by atoms with Gasteiger partial charge < -0.3 is 10.4 Å². The molecule has 0 bridgehead atoms. The summed E-state index contributed by atoms with van der Waals surface area (Å²) in [6, 6.07) is 3.45. The maximum atomic E-state index is 13.1. The van der Waals surface area contributed by atoms with E-state index in [9.17, 15) is 18.7 Å². The highest BCUT2D eigenvalue weighted by Crippen LogP contribution is 2.23. The van der Waals surface area contributed by atoms with E-state index in [1.807, 2.05) is 0 Å². The van der Waals surface area contributed by atoms with Gasteiger partial charge in [-0.15, -0.1) is 0 Å². The second-order valence-corrected chi connectivity index (χ2v) is 5.68. The van der Waals surface area contributed by atoms with Crippen molar-refractivity contribution >= 4 is 5.91 Å². The molecule has 0 spiro atoms. The molecule has 2 unspecified atom stereocenters. The fraction of sp³-hybridized carbons (Fsp3) is 0.562. The van der Waals surface area contributed by atoms with Crippen molar-refractivity contribution in [2.45, 2.75) is 44.6 Å². The van der Waals surface area contributed by atoms with Crippen LogP contribution in [0.15, 0.2) is 18.2 Å². The van der Waals surface area contributed by atoms with Crippen LogP contribution < -0.4 is 5.32 Å². The number of hydrogen-bond acceptors (Lipinski definition) is 2. The lowest BCUT2D eigenvalue weighted by Crippen LogP contribution is -2.41. The van der Waals surface area contributed by atoms with E-state index in [0.717, 1.165) is 44.2 Å². The lowest BCUT2D eigenvalue weighted by atomic mass is 9.95. The molecule has 1 saturated carbocycles. The minimum atomic E-state index is -0.942. The summed E-state index contributed by atoms with van der Waals surface area (Å²) in [5.74, 6) is -1.99. The molecule has 1 aliphatic rings. The van der Waals surface area contributed by atoms with Crippen LogP contribution in [0.1, 0.15) is 37.7 Å². The van der Waals surface area contributed by atoms with Gasteiger partial charge in [0.1, 0.15) is 0 Å². The maximum Gasteiger partial charge on any atom is 0.224 e. The van der Waals surface area contributed by atoms with E-state index < -0.39 is 11.6 Å². The number of amides is 1. The largest absolute Gasteiger partial charge is 0.396 e. The van der Waals surface area contributed by atoms with Gasteiger partial charge in [-0.05, 0) is 30.5 Å². The molecule has 1 aromatic rings. The van der Waals surface area contributed by atoms with Crippen LogP contribution in [0.2, 0.25) is 0 Å². The molecule has 1 amide bonds. The van der Waals surface area contributed by atoms with Crippen molar-refractivity contribution in [3.05, 3.63) is 35.4 Å². The Morgan fingerprint density at radius 2 is 1.95 bits per heavy atom. The third kappa shape index (κ3) is 4.49. The minimum absolute atomic E-state index is 0.0197. The van der Waals surface area contributed by atoms with Gasteiger partial charge in [-0.2, -0.15) is 0 Å². The van der Waals surface area contributed by atoms with Crippen molar-refractivity contribution in [1.29, 1.82) is 0 Å².